The van der Waals surface area contributed by atoms with Crippen LogP contribution in [0.25, 0.3) is 0 Å². The molecule has 7 heteroatoms. The molecule has 1 aromatic heterocycles. The number of nitrogens with zero attached hydrogens (tertiary/aromatic N) is 1. The molecule has 166 valence electrons. The third-order valence-electron chi connectivity index (χ3n) is 5.00. The summed E-state index contributed by atoms with van der Waals surface area (Å²) in [6.45, 7) is 4.44. The van der Waals surface area contributed by atoms with Crippen LogP contribution >= 0.6 is 0 Å². The SMILES string of the molecule is CCCCCCCCCCCCOc1ccc(S(=O)(=O)C(CC)C(=O)OC)cn1. The molecule has 0 saturated carbocycles. The van der Waals surface area contributed by atoms with E-state index < -0.39 is 21.1 Å². The van der Waals surface area contributed by atoms with E-state index in [4.69, 9.17) is 4.74 Å². The Bertz CT molecular complexity index is 673. The Morgan fingerprint density at radius 2 is 1.55 bits per heavy atom. The van der Waals surface area contributed by atoms with Crippen molar-refractivity contribution in [1.82, 2.24) is 4.98 Å². The summed E-state index contributed by atoms with van der Waals surface area (Å²) in [6.07, 6.45) is 14.0. The summed E-state index contributed by atoms with van der Waals surface area (Å²) in [7, 11) is -2.63. The Hall–Kier alpha value is -1.63. The number of hydrogen-bond acceptors (Lipinski definition) is 6. The number of carbonyl (C=O) groups is 1. The van der Waals surface area contributed by atoms with Gasteiger partial charge in [0.25, 0.3) is 0 Å². The summed E-state index contributed by atoms with van der Waals surface area (Å²) in [4.78, 5) is 15.8. The number of pyridine rings is 1. The molecule has 0 fully saturated rings. The molecule has 0 spiro atoms. The predicted octanol–water partition coefficient (Wildman–Crippen LogP) is 5.11. The fourth-order valence-electron chi connectivity index (χ4n) is 3.20. The van der Waals surface area contributed by atoms with E-state index in [-0.39, 0.29) is 11.3 Å². The van der Waals surface area contributed by atoms with E-state index in [1.54, 1.807) is 6.92 Å². The molecule has 1 atom stereocenters. The van der Waals surface area contributed by atoms with Crippen molar-refractivity contribution in [3.63, 3.8) is 0 Å². The number of rotatable bonds is 16. The number of ether oxygens (including phenoxy) is 2. The second kappa shape index (κ2) is 14.4. The van der Waals surface area contributed by atoms with Crippen LogP contribution in [-0.4, -0.2) is 38.3 Å². The van der Waals surface area contributed by atoms with E-state index in [0.29, 0.717) is 12.5 Å². The first-order valence-corrected chi connectivity index (χ1v) is 12.4. The minimum atomic E-state index is -3.82. The molecular formula is C22H37NO5S. The van der Waals surface area contributed by atoms with Crippen molar-refractivity contribution in [1.29, 1.82) is 0 Å². The van der Waals surface area contributed by atoms with E-state index in [0.717, 1.165) is 12.8 Å². The molecule has 6 nitrogen and oxygen atoms in total. The van der Waals surface area contributed by atoms with Gasteiger partial charge in [-0.2, -0.15) is 0 Å². The van der Waals surface area contributed by atoms with E-state index >= 15 is 0 Å². The van der Waals surface area contributed by atoms with Crippen molar-refractivity contribution >= 4 is 15.8 Å². The lowest BCUT2D eigenvalue weighted by atomic mass is 10.1. The van der Waals surface area contributed by atoms with E-state index in [1.807, 2.05) is 0 Å². The van der Waals surface area contributed by atoms with Crippen molar-refractivity contribution in [2.45, 2.75) is 94.6 Å². The molecule has 0 amide bonds. The van der Waals surface area contributed by atoms with Crippen LogP contribution in [0.4, 0.5) is 0 Å². The van der Waals surface area contributed by atoms with Gasteiger partial charge in [0.1, 0.15) is 0 Å². The number of carbonyl (C=O) groups excluding carboxylic acids is 1. The van der Waals surface area contributed by atoms with Gasteiger partial charge in [-0.05, 0) is 18.9 Å². The van der Waals surface area contributed by atoms with Gasteiger partial charge < -0.3 is 9.47 Å². The summed E-state index contributed by atoms with van der Waals surface area (Å²) in [5.41, 5.74) is 0. The highest BCUT2D eigenvalue weighted by Crippen LogP contribution is 2.20. The Morgan fingerprint density at radius 1 is 0.966 bits per heavy atom. The highest BCUT2D eigenvalue weighted by atomic mass is 32.2. The highest BCUT2D eigenvalue weighted by Gasteiger charge is 2.33. The molecule has 1 heterocycles. The first-order chi connectivity index (χ1) is 14.0. The number of aromatic nitrogens is 1. The third kappa shape index (κ3) is 9.15. The zero-order valence-corrected chi connectivity index (χ0v) is 19.0. The lowest BCUT2D eigenvalue weighted by molar-refractivity contribution is -0.140. The van der Waals surface area contributed by atoms with Crippen LogP contribution in [-0.2, 0) is 19.4 Å². The maximum atomic E-state index is 12.6. The van der Waals surface area contributed by atoms with Gasteiger partial charge in [0, 0.05) is 12.3 Å². The second-order valence-electron chi connectivity index (χ2n) is 7.33. The largest absolute Gasteiger partial charge is 0.478 e. The van der Waals surface area contributed by atoms with Crippen LogP contribution in [0.5, 0.6) is 5.88 Å². The van der Waals surface area contributed by atoms with Crippen LogP contribution in [0.15, 0.2) is 23.2 Å². The Labute approximate surface area is 176 Å². The minimum absolute atomic E-state index is 0.000960. The molecule has 29 heavy (non-hydrogen) atoms. The Kier molecular flexibility index (Phi) is 12.6. The second-order valence-corrected chi connectivity index (χ2v) is 9.46. The van der Waals surface area contributed by atoms with Crippen LogP contribution < -0.4 is 4.74 Å². The van der Waals surface area contributed by atoms with Crippen LogP contribution in [0.3, 0.4) is 0 Å². The summed E-state index contributed by atoms with van der Waals surface area (Å²) >= 11 is 0. The number of methoxy groups -OCH3 is 1. The molecule has 0 saturated heterocycles. The third-order valence-corrected chi connectivity index (χ3v) is 7.17. The van der Waals surface area contributed by atoms with Crippen molar-refractivity contribution in [3.05, 3.63) is 18.3 Å². The standard InChI is InChI=1S/C22H37NO5S/c1-4-6-7-8-9-10-11-12-13-14-17-28-21-16-15-19(18-23-21)29(25,26)20(5-2)22(24)27-3/h15-16,18,20H,4-14,17H2,1-3H3. The minimum Gasteiger partial charge on any atom is -0.478 e. The van der Waals surface area contributed by atoms with E-state index in [1.165, 1.54) is 76.8 Å². The first kappa shape index (κ1) is 25.4. The zero-order chi connectivity index (χ0) is 21.5. The van der Waals surface area contributed by atoms with Gasteiger partial charge in [0.2, 0.25) is 5.88 Å². The smallest absolute Gasteiger partial charge is 0.324 e. The highest BCUT2D eigenvalue weighted by molar-refractivity contribution is 7.92. The van der Waals surface area contributed by atoms with E-state index in [2.05, 4.69) is 16.6 Å². The van der Waals surface area contributed by atoms with Crippen molar-refractivity contribution in [3.8, 4) is 5.88 Å². The van der Waals surface area contributed by atoms with Gasteiger partial charge >= 0.3 is 5.97 Å². The summed E-state index contributed by atoms with van der Waals surface area (Å²) in [5.74, 6) is -0.361. The molecular weight excluding hydrogens is 390 g/mol. The van der Waals surface area contributed by atoms with E-state index in [9.17, 15) is 13.2 Å². The molecule has 0 aliphatic rings. The van der Waals surface area contributed by atoms with Gasteiger partial charge in [0.05, 0.1) is 18.6 Å². The van der Waals surface area contributed by atoms with Gasteiger partial charge in [-0.15, -0.1) is 0 Å². The lowest BCUT2D eigenvalue weighted by Gasteiger charge is -2.13. The topological polar surface area (TPSA) is 82.6 Å². The molecule has 1 rings (SSSR count). The number of esters is 1. The number of hydrogen-bond donors (Lipinski definition) is 0. The normalized spacial score (nSPS) is 12.5. The fourth-order valence-corrected chi connectivity index (χ4v) is 4.77. The average molecular weight is 428 g/mol. The zero-order valence-electron chi connectivity index (χ0n) is 18.2. The molecule has 1 unspecified atom stereocenters. The lowest BCUT2D eigenvalue weighted by Crippen LogP contribution is -2.31. The molecule has 1 aromatic rings. The number of sulfone groups is 1. The van der Waals surface area contributed by atoms with Gasteiger partial charge in [0.15, 0.2) is 15.1 Å². The Balaban J connectivity index is 2.30. The van der Waals surface area contributed by atoms with Crippen molar-refractivity contribution in [2.24, 2.45) is 0 Å². The average Bonchev–Trinajstić information content (AvgIpc) is 2.72. The molecule has 0 bridgehead atoms. The monoisotopic (exact) mass is 427 g/mol. The van der Waals surface area contributed by atoms with Crippen LogP contribution in [0, 0.1) is 0 Å². The quantitative estimate of drug-likeness (QED) is 0.269. The summed E-state index contributed by atoms with van der Waals surface area (Å²) in [5, 5.41) is -1.22. The first-order valence-electron chi connectivity index (χ1n) is 10.9. The maximum absolute atomic E-state index is 12.6. The van der Waals surface area contributed by atoms with Gasteiger partial charge in [-0.25, -0.2) is 13.4 Å². The number of unbranched alkanes of at least 4 members (excludes halogenated alkanes) is 9. The molecule has 0 aliphatic carbocycles. The fraction of sp³-hybridized carbons (Fsp3) is 0.727. The molecule has 0 aromatic carbocycles. The van der Waals surface area contributed by atoms with Crippen LogP contribution in [0.1, 0.15) is 84.5 Å². The predicted molar refractivity (Wildman–Crippen MR) is 115 cm³/mol. The summed E-state index contributed by atoms with van der Waals surface area (Å²) in [6, 6.07) is 2.97. The Morgan fingerprint density at radius 3 is 2.03 bits per heavy atom. The van der Waals surface area contributed by atoms with Crippen molar-refractivity contribution < 1.29 is 22.7 Å². The molecule has 0 N–H and O–H groups in total. The maximum Gasteiger partial charge on any atom is 0.324 e. The van der Waals surface area contributed by atoms with Gasteiger partial charge in [-0.1, -0.05) is 71.6 Å². The van der Waals surface area contributed by atoms with Gasteiger partial charge in [-0.3, -0.25) is 4.79 Å². The molecule has 0 aliphatic heterocycles. The molecule has 0 radical (unpaired) electrons. The van der Waals surface area contributed by atoms with Crippen LogP contribution in [0.2, 0.25) is 0 Å². The summed E-state index contributed by atoms with van der Waals surface area (Å²) < 4.78 is 35.3. The van der Waals surface area contributed by atoms with Crippen molar-refractivity contribution in [2.75, 3.05) is 13.7 Å².